The predicted molar refractivity (Wildman–Crippen MR) is 111 cm³/mol. The van der Waals surface area contributed by atoms with Gasteiger partial charge in [0.2, 0.25) is 0 Å². The van der Waals surface area contributed by atoms with Gasteiger partial charge in [-0.2, -0.15) is 0 Å². The maximum Gasteiger partial charge on any atom is 0.115 e. The first kappa shape index (κ1) is 17.6. The van der Waals surface area contributed by atoms with E-state index in [1.807, 2.05) is 31.3 Å². The van der Waals surface area contributed by atoms with Gasteiger partial charge in [0.05, 0.1) is 6.54 Å². The lowest BCUT2D eigenvalue weighted by Crippen LogP contribution is -2.43. The number of halogens is 1. The maximum atomic E-state index is 13.4. The third kappa shape index (κ3) is 2.34. The quantitative estimate of drug-likeness (QED) is 0.735. The van der Waals surface area contributed by atoms with Gasteiger partial charge in [-0.1, -0.05) is 6.07 Å². The molecule has 0 radical (unpaired) electrons. The highest BCUT2D eigenvalue weighted by atomic mass is 19.1. The van der Waals surface area contributed by atoms with Crippen LogP contribution >= 0.6 is 0 Å². The highest BCUT2D eigenvalue weighted by Gasteiger charge is 2.45. The first-order chi connectivity index (χ1) is 14.0. The van der Waals surface area contributed by atoms with Crippen LogP contribution in [0.1, 0.15) is 52.5 Å². The molecule has 3 aromatic rings. The molecule has 1 fully saturated rings. The van der Waals surface area contributed by atoms with Gasteiger partial charge in [0.1, 0.15) is 12.3 Å². The predicted octanol–water partition coefficient (Wildman–Crippen LogP) is 3.95. The molecule has 150 valence electrons. The highest BCUT2D eigenvalue weighted by Crippen LogP contribution is 2.48. The summed E-state index contributed by atoms with van der Waals surface area (Å²) in [6.45, 7) is 2.08. The number of fused-ring (bicyclic) bond motifs is 7. The van der Waals surface area contributed by atoms with Crippen molar-refractivity contribution in [2.24, 2.45) is 0 Å². The molecule has 3 aliphatic rings. The average molecular weight is 391 g/mol. The number of likely N-dealkylation sites (N-methyl/N-ethyl adjacent to an activating group) is 1. The van der Waals surface area contributed by atoms with E-state index >= 15 is 0 Å². The van der Waals surface area contributed by atoms with Crippen molar-refractivity contribution in [3.63, 3.8) is 0 Å². The summed E-state index contributed by atoms with van der Waals surface area (Å²) in [6, 6.07) is 8.96. The molecule has 1 aliphatic carbocycles. The first-order valence-corrected chi connectivity index (χ1v) is 10.6. The van der Waals surface area contributed by atoms with E-state index in [-0.39, 0.29) is 0 Å². The van der Waals surface area contributed by atoms with Gasteiger partial charge < -0.3 is 9.67 Å². The molecule has 4 heterocycles. The Morgan fingerprint density at radius 1 is 1.28 bits per heavy atom. The molecule has 1 aromatic carbocycles. The fraction of sp³-hybridized carbons (Fsp3) is 0.458. The first-order valence-electron chi connectivity index (χ1n) is 10.6. The monoisotopic (exact) mass is 391 g/mol. The van der Waals surface area contributed by atoms with Crippen LogP contribution in [0.2, 0.25) is 0 Å². The van der Waals surface area contributed by atoms with Gasteiger partial charge in [-0.05, 0) is 67.3 Å². The minimum atomic E-state index is -0.857. The van der Waals surface area contributed by atoms with Crippen LogP contribution in [0.5, 0.6) is 0 Å². The van der Waals surface area contributed by atoms with Crippen molar-refractivity contribution in [2.45, 2.75) is 63.5 Å². The number of alkyl halides is 1. The van der Waals surface area contributed by atoms with Crippen molar-refractivity contribution in [3.05, 3.63) is 64.1 Å². The number of nitrogens with zero attached hydrogens (tertiary/aromatic N) is 3. The zero-order valence-corrected chi connectivity index (χ0v) is 17.0. The smallest absolute Gasteiger partial charge is 0.115 e. The van der Waals surface area contributed by atoms with Crippen LogP contribution in [0.15, 0.2) is 30.5 Å². The van der Waals surface area contributed by atoms with E-state index in [2.05, 4.69) is 27.6 Å². The molecule has 3 atom stereocenters. The van der Waals surface area contributed by atoms with Crippen molar-refractivity contribution in [1.82, 2.24) is 14.5 Å². The Kier molecular flexibility index (Phi) is 3.58. The fourth-order valence-corrected chi connectivity index (χ4v) is 6.03. The van der Waals surface area contributed by atoms with Crippen LogP contribution in [-0.4, -0.2) is 32.6 Å². The van der Waals surface area contributed by atoms with Crippen LogP contribution < -0.4 is 0 Å². The van der Waals surface area contributed by atoms with Crippen LogP contribution in [0.4, 0.5) is 4.39 Å². The molecule has 0 amide bonds. The summed E-state index contributed by atoms with van der Waals surface area (Å²) in [5.41, 5.74) is 6.79. The number of hydrogen-bond donors (Lipinski definition) is 1. The van der Waals surface area contributed by atoms with Gasteiger partial charge in [-0.25, -0.2) is 4.39 Å². The molecule has 29 heavy (non-hydrogen) atoms. The lowest BCUT2D eigenvalue weighted by molar-refractivity contribution is -0.00504. The van der Waals surface area contributed by atoms with Crippen molar-refractivity contribution in [1.29, 1.82) is 0 Å². The molecule has 1 N–H and O–H groups in total. The van der Waals surface area contributed by atoms with Crippen LogP contribution in [0, 0.1) is 6.92 Å². The number of aromatic nitrogens is 2. The SMILES string of the molecule is Cc1cc2c(cn1)CC2(O)Cn1c2c(c3cc(CF)ccc31)C1CCC(C2)N1C. The molecule has 0 spiro atoms. The van der Waals surface area contributed by atoms with Crippen LogP contribution in [0.3, 0.4) is 0 Å². The summed E-state index contributed by atoms with van der Waals surface area (Å²) >= 11 is 0. The Labute approximate surface area is 170 Å². The van der Waals surface area contributed by atoms with E-state index in [9.17, 15) is 9.50 Å². The Morgan fingerprint density at radius 2 is 2.14 bits per heavy atom. The third-order valence-corrected chi connectivity index (χ3v) is 7.56. The molecular weight excluding hydrogens is 365 g/mol. The van der Waals surface area contributed by atoms with Crippen molar-refractivity contribution in [3.8, 4) is 0 Å². The van der Waals surface area contributed by atoms with E-state index < -0.39 is 12.3 Å². The Hall–Kier alpha value is -2.24. The normalized spacial score (nSPS) is 27.7. The number of hydrogen-bond acceptors (Lipinski definition) is 3. The summed E-state index contributed by atoms with van der Waals surface area (Å²) in [6.07, 6.45) is 5.90. The molecule has 1 saturated heterocycles. The Bertz CT molecular complexity index is 1150. The second-order valence-corrected chi connectivity index (χ2v) is 9.24. The Balaban J connectivity index is 1.52. The van der Waals surface area contributed by atoms with Gasteiger partial charge in [0.15, 0.2) is 0 Å². The number of rotatable bonds is 3. The van der Waals surface area contributed by atoms with Gasteiger partial charge in [0, 0.05) is 53.4 Å². The molecule has 0 saturated carbocycles. The van der Waals surface area contributed by atoms with E-state index in [0.717, 1.165) is 40.7 Å². The standard InChI is InChI=1S/C24H26FN3O/c1-14-7-19-16(12-26-14)10-24(19,29)13-28-20-5-3-15(11-25)8-18(20)23-21-6-4-17(27(21)2)9-22(23)28/h3,5,7-8,12,17,21,29H,4,6,9-11,13H2,1-2H3. The molecule has 6 rings (SSSR count). The van der Waals surface area contributed by atoms with Crippen LogP contribution in [-0.2, 0) is 31.7 Å². The van der Waals surface area contributed by atoms with E-state index in [1.165, 1.54) is 23.1 Å². The second kappa shape index (κ2) is 5.89. The molecule has 2 aromatic heterocycles. The number of aliphatic hydroxyl groups is 1. The lowest BCUT2D eigenvalue weighted by atomic mass is 9.74. The van der Waals surface area contributed by atoms with Gasteiger partial charge in [-0.15, -0.1) is 0 Å². The van der Waals surface area contributed by atoms with Crippen molar-refractivity contribution in [2.75, 3.05) is 7.05 Å². The van der Waals surface area contributed by atoms with Crippen molar-refractivity contribution >= 4 is 10.9 Å². The molecule has 3 unspecified atom stereocenters. The minimum Gasteiger partial charge on any atom is -0.383 e. The van der Waals surface area contributed by atoms with E-state index in [4.69, 9.17) is 0 Å². The van der Waals surface area contributed by atoms with Gasteiger partial charge in [-0.3, -0.25) is 9.88 Å². The summed E-state index contributed by atoms with van der Waals surface area (Å²) in [5, 5.41) is 12.7. The number of pyridine rings is 1. The van der Waals surface area contributed by atoms with E-state index in [1.54, 1.807) is 0 Å². The largest absolute Gasteiger partial charge is 0.383 e. The fourth-order valence-electron chi connectivity index (χ4n) is 6.03. The zero-order valence-electron chi connectivity index (χ0n) is 17.0. The molecular formula is C24H26FN3O. The van der Waals surface area contributed by atoms with Crippen molar-refractivity contribution < 1.29 is 9.50 Å². The van der Waals surface area contributed by atoms with Gasteiger partial charge >= 0.3 is 0 Å². The topological polar surface area (TPSA) is 41.3 Å². The van der Waals surface area contributed by atoms with E-state index in [0.29, 0.717) is 25.0 Å². The Morgan fingerprint density at radius 3 is 2.97 bits per heavy atom. The van der Waals surface area contributed by atoms with Crippen LogP contribution in [0.25, 0.3) is 10.9 Å². The lowest BCUT2D eigenvalue weighted by Gasteiger charge is -2.41. The highest BCUT2D eigenvalue weighted by molar-refractivity contribution is 5.87. The molecule has 4 nitrogen and oxygen atoms in total. The zero-order chi connectivity index (χ0) is 19.9. The maximum absolute atomic E-state index is 13.4. The number of benzene rings is 1. The second-order valence-electron chi connectivity index (χ2n) is 9.24. The molecule has 2 bridgehead atoms. The summed E-state index contributed by atoms with van der Waals surface area (Å²) in [4.78, 5) is 6.87. The average Bonchev–Trinajstić information content (AvgIpc) is 3.12. The number of aryl methyl sites for hydroxylation is 1. The third-order valence-electron chi connectivity index (χ3n) is 7.56. The summed E-state index contributed by atoms with van der Waals surface area (Å²) < 4.78 is 15.8. The minimum absolute atomic E-state index is 0.400. The summed E-state index contributed by atoms with van der Waals surface area (Å²) in [7, 11) is 2.22. The van der Waals surface area contributed by atoms with Gasteiger partial charge in [0.25, 0.3) is 0 Å². The summed E-state index contributed by atoms with van der Waals surface area (Å²) in [5.74, 6) is 0. The molecule has 5 heteroatoms. The molecule has 2 aliphatic heterocycles.